The molecule has 124 valence electrons. The van der Waals surface area contributed by atoms with Crippen LogP contribution in [0, 0.1) is 5.82 Å². The first-order chi connectivity index (χ1) is 11.7. The summed E-state index contributed by atoms with van der Waals surface area (Å²) in [5, 5.41) is 0. The minimum atomic E-state index is -0.343. The summed E-state index contributed by atoms with van der Waals surface area (Å²) in [5.74, 6) is 0.139. The van der Waals surface area contributed by atoms with Crippen molar-refractivity contribution >= 4 is 16.9 Å². The predicted molar refractivity (Wildman–Crippen MR) is 93.1 cm³/mol. The number of rotatable bonds is 5. The molecule has 0 bridgehead atoms. The van der Waals surface area contributed by atoms with E-state index in [2.05, 4.69) is 4.98 Å². The predicted octanol–water partition coefficient (Wildman–Crippen LogP) is 3.71. The van der Waals surface area contributed by atoms with Crippen LogP contribution < -0.4 is 0 Å². The Morgan fingerprint density at radius 2 is 1.75 bits per heavy atom. The van der Waals surface area contributed by atoms with Crippen LogP contribution in [0.3, 0.4) is 0 Å². The number of hydrogen-bond acceptors (Lipinski definition) is 2. The smallest absolute Gasteiger partial charge is 0.242 e. The van der Waals surface area contributed by atoms with Crippen molar-refractivity contribution in [1.82, 2.24) is 14.5 Å². The molecular formula is C19H20FN3O. The molecule has 0 atom stereocenters. The Balaban J connectivity index is 2.13. The number of halogens is 1. The minimum absolute atomic E-state index is 0.000687. The number of aromatic nitrogens is 2. The van der Waals surface area contributed by atoms with Crippen molar-refractivity contribution in [3.63, 3.8) is 0 Å². The highest BCUT2D eigenvalue weighted by Crippen LogP contribution is 2.26. The second-order valence-electron chi connectivity index (χ2n) is 5.56. The molecule has 3 aromatic rings. The van der Waals surface area contributed by atoms with Gasteiger partial charge in [0.05, 0.1) is 16.6 Å². The van der Waals surface area contributed by atoms with E-state index in [1.807, 2.05) is 38.1 Å². The summed E-state index contributed by atoms with van der Waals surface area (Å²) in [5.41, 5.74) is 1.99. The van der Waals surface area contributed by atoms with E-state index in [9.17, 15) is 9.18 Å². The lowest BCUT2D eigenvalue weighted by Crippen LogP contribution is -2.33. The summed E-state index contributed by atoms with van der Waals surface area (Å²) in [6.07, 6.45) is 0. The number of likely N-dealkylation sites (N-methyl/N-ethyl adjacent to an activating group) is 1. The van der Waals surface area contributed by atoms with E-state index in [-0.39, 0.29) is 18.3 Å². The second kappa shape index (κ2) is 6.83. The Bertz CT molecular complexity index is 868. The summed E-state index contributed by atoms with van der Waals surface area (Å²) in [6.45, 7) is 5.34. The van der Waals surface area contributed by atoms with E-state index in [1.165, 1.54) is 6.07 Å². The van der Waals surface area contributed by atoms with Gasteiger partial charge in [0.1, 0.15) is 18.2 Å². The third-order valence-electron chi connectivity index (χ3n) is 4.18. The Morgan fingerprint density at radius 1 is 1.08 bits per heavy atom. The van der Waals surface area contributed by atoms with E-state index in [4.69, 9.17) is 0 Å². The largest absolute Gasteiger partial charge is 0.342 e. The molecule has 0 unspecified atom stereocenters. The number of imidazole rings is 1. The van der Waals surface area contributed by atoms with E-state index >= 15 is 0 Å². The van der Waals surface area contributed by atoms with Gasteiger partial charge in [0.25, 0.3) is 0 Å². The maximum Gasteiger partial charge on any atom is 0.242 e. The first-order valence-electron chi connectivity index (χ1n) is 8.13. The number of hydrogen-bond donors (Lipinski definition) is 0. The molecule has 0 aliphatic carbocycles. The van der Waals surface area contributed by atoms with Crippen LogP contribution in [0.2, 0.25) is 0 Å². The molecule has 3 rings (SSSR count). The quantitative estimate of drug-likeness (QED) is 0.717. The molecule has 1 amide bonds. The van der Waals surface area contributed by atoms with E-state index in [0.717, 1.165) is 11.0 Å². The zero-order valence-electron chi connectivity index (χ0n) is 13.9. The number of carbonyl (C=O) groups is 1. The van der Waals surface area contributed by atoms with Gasteiger partial charge in [-0.15, -0.1) is 0 Å². The van der Waals surface area contributed by atoms with Crippen LogP contribution in [0.15, 0.2) is 48.5 Å². The van der Waals surface area contributed by atoms with E-state index in [1.54, 1.807) is 27.7 Å². The normalized spacial score (nSPS) is 11.0. The third-order valence-corrected chi connectivity index (χ3v) is 4.18. The van der Waals surface area contributed by atoms with Crippen molar-refractivity contribution in [2.75, 3.05) is 13.1 Å². The molecular weight excluding hydrogens is 305 g/mol. The fourth-order valence-corrected chi connectivity index (χ4v) is 2.90. The van der Waals surface area contributed by atoms with Gasteiger partial charge in [0, 0.05) is 13.1 Å². The summed E-state index contributed by atoms with van der Waals surface area (Å²) in [7, 11) is 0. The van der Waals surface area contributed by atoms with Crippen molar-refractivity contribution in [2.45, 2.75) is 20.4 Å². The standard InChI is InChI=1S/C19H20FN3O/c1-3-22(4-2)18(24)13-23-17-12-8-7-11-16(17)21-19(23)14-9-5-6-10-15(14)20/h5-12H,3-4,13H2,1-2H3. The third kappa shape index (κ3) is 2.89. The molecule has 4 nitrogen and oxygen atoms in total. The summed E-state index contributed by atoms with van der Waals surface area (Å²) in [6, 6.07) is 14.1. The lowest BCUT2D eigenvalue weighted by Gasteiger charge is -2.20. The highest BCUT2D eigenvalue weighted by atomic mass is 19.1. The molecule has 5 heteroatoms. The molecule has 0 aliphatic heterocycles. The fourth-order valence-electron chi connectivity index (χ4n) is 2.90. The van der Waals surface area contributed by atoms with Crippen LogP contribution in [0.1, 0.15) is 13.8 Å². The molecule has 2 aromatic carbocycles. The number of amides is 1. The number of benzene rings is 2. The van der Waals surface area contributed by atoms with E-state index < -0.39 is 0 Å². The zero-order valence-corrected chi connectivity index (χ0v) is 13.9. The Hall–Kier alpha value is -2.69. The van der Waals surface area contributed by atoms with Crippen LogP contribution in [0.5, 0.6) is 0 Å². The highest BCUT2D eigenvalue weighted by molar-refractivity contribution is 5.84. The van der Waals surface area contributed by atoms with E-state index in [0.29, 0.717) is 24.5 Å². The van der Waals surface area contributed by atoms with Crippen molar-refractivity contribution in [3.05, 3.63) is 54.3 Å². The highest BCUT2D eigenvalue weighted by Gasteiger charge is 2.19. The molecule has 0 N–H and O–H groups in total. The lowest BCUT2D eigenvalue weighted by atomic mass is 10.2. The molecule has 0 saturated carbocycles. The number of para-hydroxylation sites is 2. The maximum atomic E-state index is 14.3. The molecule has 1 heterocycles. The first kappa shape index (κ1) is 16.2. The molecule has 0 fully saturated rings. The van der Waals surface area contributed by atoms with Gasteiger partial charge in [-0.2, -0.15) is 0 Å². The van der Waals surface area contributed by atoms with Crippen LogP contribution >= 0.6 is 0 Å². The van der Waals surface area contributed by atoms with Crippen molar-refractivity contribution in [3.8, 4) is 11.4 Å². The zero-order chi connectivity index (χ0) is 17.1. The second-order valence-corrected chi connectivity index (χ2v) is 5.56. The Labute approximate surface area is 140 Å². The fraction of sp³-hybridized carbons (Fsp3) is 0.263. The Morgan fingerprint density at radius 3 is 2.46 bits per heavy atom. The van der Waals surface area contributed by atoms with Crippen molar-refractivity contribution in [1.29, 1.82) is 0 Å². The number of nitrogens with zero attached hydrogens (tertiary/aromatic N) is 3. The van der Waals surface area contributed by atoms with Gasteiger partial charge >= 0.3 is 0 Å². The van der Waals surface area contributed by atoms with Crippen LogP contribution in [-0.4, -0.2) is 33.4 Å². The minimum Gasteiger partial charge on any atom is -0.342 e. The monoisotopic (exact) mass is 325 g/mol. The van der Waals surface area contributed by atoms with Gasteiger partial charge in [0.15, 0.2) is 0 Å². The topological polar surface area (TPSA) is 38.1 Å². The molecule has 0 aliphatic rings. The Kier molecular flexibility index (Phi) is 4.60. The first-order valence-corrected chi connectivity index (χ1v) is 8.13. The van der Waals surface area contributed by atoms with Gasteiger partial charge in [0.2, 0.25) is 5.91 Å². The molecule has 1 aromatic heterocycles. The maximum absolute atomic E-state index is 14.3. The SMILES string of the molecule is CCN(CC)C(=O)Cn1c(-c2ccccc2F)nc2ccccc21. The number of carbonyl (C=O) groups excluding carboxylic acids is 1. The van der Waals surface area contributed by atoms with Gasteiger partial charge in [-0.1, -0.05) is 24.3 Å². The summed E-state index contributed by atoms with van der Waals surface area (Å²) >= 11 is 0. The average Bonchev–Trinajstić information content (AvgIpc) is 2.95. The van der Waals surface area contributed by atoms with Crippen LogP contribution in [0.25, 0.3) is 22.4 Å². The lowest BCUT2D eigenvalue weighted by molar-refractivity contribution is -0.131. The van der Waals surface area contributed by atoms with Crippen molar-refractivity contribution in [2.24, 2.45) is 0 Å². The van der Waals surface area contributed by atoms with Gasteiger partial charge in [-0.25, -0.2) is 9.37 Å². The number of fused-ring (bicyclic) bond motifs is 1. The average molecular weight is 325 g/mol. The van der Waals surface area contributed by atoms with Gasteiger partial charge in [-0.05, 0) is 38.1 Å². The molecule has 0 radical (unpaired) electrons. The van der Waals surface area contributed by atoms with Crippen LogP contribution in [0.4, 0.5) is 4.39 Å². The van der Waals surface area contributed by atoms with Crippen LogP contribution in [-0.2, 0) is 11.3 Å². The molecule has 24 heavy (non-hydrogen) atoms. The van der Waals surface area contributed by atoms with Crippen molar-refractivity contribution < 1.29 is 9.18 Å². The molecule has 0 saturated heterocycles. The summed E-state index contributed by atoms with van der Waals surface area (Å²) in [4.78, 5) is 18.9. The van der Waals surface area contributed by atoms with Gasteiger partial charge in [-0.3, -0.25) is 4.79 Å². The summed E-state index contributed by atoms with van der Waals surface area (Å²) < 4.78 is 16.1. The van der Waals surface area contributed by atoms with Gasteiger partial charge < -0.3 is 9.47 Å². The molecule has 0 spiro atoms.